The van der Waals surface area contributed by atoms with Crippen LogP contribution in [0.5, 0.6) is 0 Å². The maximum absolute atomic E-state index is 12.4. The molecule has 2 aromatic carbocycles. The van der Waals surface area contributed by atoms with Crippen LogP contribution in [0.1, 0.15) is 18.4 Å². The smallest absolute Gasteiger partial charge is 0.234 e. The van der Waals surface area contributed by atoms with Gasteiger partial charge in [-0.2, -0.15) is 0 Å². The number of hydrogen-bond acceptors (Lipinski definition) is 5. The zero-order valence-electron chi connectivity index (χ0n) is 17.6. The van der Waals surface area contributed by atoms with Crippen LogP contribution in [-0.2, 0) is 14.4 Å². The largest absolute Gasteiger partial charge is 0.370 e. The van der Waals surface area contributed by atoms with Crippen LogP contribution in [0.2, 0.25) is 0 Å². The average molecular weight is 441 g/mol. The molecule has 1 aliphatic heterocycles. The molecule has 3 amide bonds. The molecular formula is C23H28N4O3S. The van der Waals surface area contributed by atoms with Gasteiger partial charge < -0.3 is 21.3 Å². The molecule has 0 bridgehead atoms. The van der Waals surface area contributed by atoms with E-state index < -0.39 is 0 Å². The number of rotatable bonds is 8. The summed E-state index contributed by atoms with van der Waals surface area (Å²) in [4.78, 5) is 38.1. The molecule has 1 aliphatic rings. The molecule has 1 fully saturated rings. The minimum Gasteiger partial charge on any atom is -0.370 e. The summed E-state index contributed by atoms with van der Waals surface area (Å²) in [7, 11) is 0. The fourth-order valence-corrected chi connectivity index (χ4v) is 4.22. The molecule has 1 saturated heterocycles. The van der Waals surface area contributed by atoms with Gasteiger partial charge >= 0.3 is 0 Å². The van der Waals surface area contributed by atoms with E-state index >= 15 is 0 Å². The van der Waals surface area contributed by atoms with E-state index in [9.17, 15) is 14.4 Å². The number of anilines is 3. The van der Waals surface area contributed by atoms with Gasteiger partial charge in [0.2, 0.25) is 17.7 Å². The van der Waals surface area contributed by atoms with E-state index in [1.807, 2.05) is 55.5 Å². The lowest BCUT2D eigenvalue weighted by Crippen LogP contribution is -2.38. The first-order chi connectivity index (χ1) is 14.9. The normalized spacial score (nSPS) is 14.2. The Hall–Kier alpha value is -3.00. The highest BCUT2D eigenvalue weighted by Gasteiger charge is 2.24. The maximum Gasteiger partial charge on any atom is 0.234 e. The van der Waals surface area contributed by atoms with Crippen LogP contribution in [-0.4, -0.2) is 42.3 Å². The van der Waals surface area contributed by atoms with Crippen molar-refractivity contribution in [2.24, 2.45) is 11.7 Å². The summed E-state index contributed by atoms with van der Waals surface area (Å²) in [5, 5.41) is 5.79. The standard InChI is InChI=1S/C23H28N4O3S/c1-16-5-4-6-18(13-16)25-21(28)14-31-15-22(29)26-19-7-2-3-8-20(19)27-11-9-17(10-12-27)23(24)30/h2-8,13,17H,9-12,14-15H2,1H3,(H2,24,30)(H,25,28)(H,26,29). The average Bonchev–Trinajstić information content (AvgIpc) is 2.74. The number of benzene rings is 2. The van der Waals surface area contributed by atoms with Crippen molar-refractivity contribution in [2.75, 3.05) is 40.1 Å². The SMILES string of the molecule is Cc1cccc(NC(=O)CSCC(=O)Nc2ccccc2N2CCC(C(N)=O)CC2)c1. The predicted octanol–water partition coefficient (Wildman–Crippen LogP) is 3.01. The van der Waals surface area contributed by atoms with Crippen LogP contribution < -0.4 is 21.3 Å². The second-order valence-electron chi connectivity index (χ2n) is 7.64. The monoisotopic (exact) mass is 440 g/mol. The fraction of sp³-hybridized carbons (Fsp3) is 0.348. The highest BCUT2D eigenvalue weighted by atomic mass is 32.2. The fourth-order valence-electron chi connectivity index (χ4n) is 3.60. The Morgan fingerprint density at radius 3 is 2.35 bits per heavy atom. The van der Waals surface area contributed by atoms with E-state index in [1.54, 1.807) is 0 Å². The summed E-state index contributed by atoms with van der Waals surface area (Å²) in [6, 6.07) is 15.2. The van der Waals surface area contributed by atoms with Gasteiger partial charge in [-0.15, -0.1) is 11.8 Å². The number of amides is 3. The summed E-state index contributed by atoms with van der Waals surface area (Å²) in [5.41, 5.74) is 8.91. The van der Waals surface area contributed by atoms with E-state index in [0.717, 1.165) is 22.6 Å². The number of aryl methyl sites for hydroxylation is 1. The molecule has 164 valence electrons. The topological polar surface area (TPSA) is 105 Å². The molecule has 3 rings (SSSR count). The summed E-state index contributed by atoms with van der Waals surface area (Å²) in [5.74, 6) is -0.248. The van der Waals surface area contributed by atoms with E-state index in [4.69, 9.17) is 5.73 Å². The molecule has 0 aliphatic carbocycles. The number of hydrogen-bond donors (Lipinski definition) is 3. The Labute approximate surface area is 186 Å². The van der Waals surface area contributed by atoms with Crippen molar-refractivity contribution in [1.82, 2.24) is 0 Å². The number of primary amides is 1. The number of carbonyl (C=O) groups excluding carboxylic acids is 3. The van der Waals surface area contributed by atoms with Crippen LogP contribution in [0.25, 0.3) is 0 Å². The van der Waals surface area contributed by atoms with Crippen LogP contribution in [0, 0.1) is 12.8 Å². The number of piperidine rings is 1. The van der Waals surface area contributed by atoms with E-state index in [2.05, 4.69) is 15.5 Å². The van der Waals surface area contributed by atoms with Gasteiger partial charge in [0, 0.05) is 24.7 Å². The van der Waals surface area contributed by atoms with Crippen molar-refractivity contribution >= 4 is 46.5 Å². The third-order valence-corrected chi connectivity index (χ3v) is 6.12. The Balaban J connectivity index is 1.47. The first-order valence-electron chi connectivity index (χ1n) is 10.3. The van der Waals surface area contributed by atoms with Gasteiger partial charge in [-0.05, 0) is 49.6 Å². The third kappa shape index (κ3) is 6.75. The zero-order chi connectivity index (χ0) is 22.2. The minimum absolute atomic E-state index is 0.0830. The Kier molecular flexibility index (Phi) is 7.94. The summed E-state index contributed by atoms with van der Waals surface area (Å²) < 4.78 is 0. The second-order valence-corrected chi connectivity index (χ2v) is 8.63. The summed E-state index contributed by atoms with van der Waals surface area (Å²) >= 11 is 1.27. The molecule has 8 heteroatoms. The van der Waals surface area contributed by atoms with Gasteiger partial charge in [-0.3, -0.25) is 14.4 Å². The van der Waals surface area contributed by atoms with E-state index in [0.29, 0.717) is 25.9 Å². The molecule has 31 heavy (non-hydrogen) atoms. The molecule has 0 spiro atoms. The number of carbonyl (C=O) groups is 3. The van der Waals surface area contributed by atoms with Crippen LogP contribution in [0.3, 0.4) is 0 Å². The molecule has 0 saturated carbocycles. The van der Waals surface area contributed by atoms with Gasteiger partial charge in [-0.1, -0.05) is 24.3 Å². The quantitative estimate of drug-likeness (QED) is 0.585. The van der Waals surface area contributed by atoms with Crippen molar-refractivity contribution < 1.29 is 14.4 Å². The Morgan fingerprint density at radius 1 is 1.00 bits per heavy atom. The minimum atomic E-state index is -0.246. The number of nitrogens with one attached hydrogen (secondary N) is 2. The summed E-state index contributed by atoms with van der Waals surface area (Å²) in [6.45, 7) is 3.40. The Bertz CT molecular complexity index is 942. The van der Waals surface area contributed by atoms with Crippen molar-refractivity contribution in [3.05, 3.63) is 54.1 Å². The first-order valence-corrected chi connectivity index (χ1v) is 11.5. The number of thioether (sulfide) groups is 1. The highest BCUT2D eigenvalue weighted by molar-refractivity contribution is 8.00. The lowest BCUT2D eigenvalue weighted by molar-refractivity contribution is -0.122. The lowest BCUT2D eigenvalue weighted by Gasteiger charge is -2.33. The van der Waals surface area contributed by atoms with Crippen LogP contribution in [0.15, 0.2) is 48.5 Å². The van der Waals surface area contributed by atoms with Gasteiger partial charge in [0.05, 0.1) is 22.9 Å². The molecule has 7 nitrogen and oxygen atoms in total. The van der Waals surface area contributed by atoms with Crippen molar-refractivity contribution in [2.45, 2.75) is 19.8 Å². The highest BCUT2D eigenvalue weighted by Crippen LogP contribution is 2.29. The molecule has 0 aromatic heterocycles. The van der Waals surface area contributed by atoms with E-state index in [-0.39, 0.29) is 35.1 Å². The number of nitrogens with zero attached hydrogens (tertiary/aromatic N) is 1. The first kappa shape index (κ1) is 22.7. The van der Waals surface area contributed by atoms with Gasteiger partial charge in [-0.25, -0.2) is 0 Å². The van der Waals surface area contributed by atoms with Crippen molar-refractivity contribution in [3.8, 4) is 0 Å². The molecule has 0 atom stereocenters. The molecular weight excluding hydrogens is 412 g/mol. The van der Waals surface area contributed by atoms with Gasteiger partial charge in [0.25, 0.3) is 0 Å². The number of para-hydroxylation sites is 2. The molecule has 0 unspecified atom stereocenters. The van der Waals surface area contributed by atoms with Crippen LogP contribution >= 0.6 is 11.8 Å². The van der Waals surface area contributed by atoms with Gasteiger partial charge in [0.15, 0.2) is 0 Å². The molecule has 1 heterocycles. The van der Waals surface area contributed by atoms with Crippen molar-refractivity contribution in [3.63, 3.8) is 0 Å². The van der Waals surface area contributed by atoms with Crippen molar-refractivity contribution in [1.29, 1.82) is 0 Å². The second kappa shape index (κ2) is 10.9. The van der Waals surface area contributed by atoms with E-state index in [1.165, 1.54) is 11.8 Å². The molecule has 4 N–H and O–H groups in total. The number of nitrogens with two attached hydrogens (primary N) is 1. The molecule has 0 radical (unpaired) electrons. The Morgan fingerprint density at radius 2 is 1.68 bits per heavy atom. The third-order valence-electron chi connectivity index (χ3n) is 5.18. The summed E-state index contributed by atoms with van der Waals surface area (Å²) in [6.07, 6.45) is 1.42. The zero-order valence-corrected chi connectivity index (χ0v) is 18.4. The maximum atomic E-state index is 12.4. The molecule has 2 aromatic rings. The predicted molar refractivity (Wildman–Crippen MR) is 126 cm³/mol. The van der Waals surface area contributed by atoms with Crippen LogP contribution in [0.4, 0.5) is 17.1 Å². The van der Waals surface area contributed by atoms with Gasteiger partial charge in [0.1, 0.15) is 0 Å². The lowest BCUT2D eigenvalue weighted by atomic mass is 9.96.